The van der Waals surface area contributed by atoms with Crippen molar-refractivity contribution in [3.05, 3.63) is 0 Å². The first-order valence-electron chi connectivity index (χ1n) is 16.7. The van der Waals surface area contributed by atoms with Crippen LogP contribution in [0.3, 0.4) is 0 Å². The summed E-state index contributed by atoms with van der Waals surface area (Å²) in [5.41, 5.74) is 0.428. The smallest absolute Gasteiger partial charge is 0.0627 e. The van der Waals surface area contributed by atoms with Gasteiger partial charge in [-0.1, -0.05) is 175 Å². The summed E-state index contributed by atoms with van der Waals surface area (Å²) >= 11 is 0. The van der Waals surface area contributed by atoms with Gasteiger partial charge in [-0.25, -0.2) is 0 Å². The van der Waals surface area contributed by atoms with E-state index in [0.717, 1.165) is 0 Å². The third kappa shape index (κ3) is 19.7. The molecule has 0 aromatic rings. The summed E-state index contributed by atoms with van der Waals surface area (Å²) in [6.07, 6.45) is 38.4. The van der Waals surface area contributed by atoms with Crippen molar-refractivity contribution in [3.63, 3.8) is 0 Å². The molecule has 1 heteroatoms. The molecular weight excluding hydrogens is 424 g/mol. The van der Waals surface area contributed by atoms with E-state index < -0.39 is 0 Å². The van der Waals surface area contributed by atoms with Gasteiger partial charge in [-0.15, -0.1) is 0 Å². The number of hydrogen-bond donors (Lipinski definition) is 0. The van der Waals surface area contributed by atoms with E-state index in [4.69, 9.17) is 4.74 Å². The Morgan fingerprint density at radius 1 is 0.400 bits per heavy atom. The van der Waals surface area contributed by atoms with Crippen LogP contribution in [0.25, 0.3) is 0 Å². The maximum Gasteiger partial charge on any atom is 0.0627 e. The highest BCUT2D eigenvalue weighted by atomic mass is 16.5. The highest BCUT2D eigenvalue weighted by Crippen LogP contribution is 2.43. The van der Waals surface area contributed by atoms with Crippen molar-refractivity contribution in [3.8, 4) is 0 Å². The van der Waals surface area contributed by atoms with Crippen molar-refractivity contribution in [1.82, 2.24) is 0 Å². The summed E-state index contributed by atoms with van der Waals surface area (Å²) in [6.45, 7) is 9.36. The van der Waals surface area contributed by atoms with Gasteiger partial charge in [0.05, 0.1) is 6.10 Å². The van der Waals surface area contributed by atoms with Crippen molar-refractivity contribution >= 4 is 0 Å². The summed E-state index contributed by atoms with van der Waals surface area (Å²) < 4.78 is 6.34. The second-order valence-corrected chi connectivity index (χ2v) is 11.8. The average Bonchev–Trinajstić information content (AvgIpc) is 2.86. The van der Waals surface area contributed by atoms with Crippen LogP contribution in [0, 0.1) is 5.41 Å². The molecule has 1 atom stereocenters. The fraction of sp³-hybridized carbons (Fsp3) is 1.00. The fourth-order valence-corrected chi connectivity index (χ4v) is 6.36. The van der Waals surface area contributed by atoms with Gasteiger partial charge in [0.1, 0.15) is 0 Å². The van der Waals surface area contributed by atoms with Crippen molar-refractivity contribution in [2.24, 2.45) is 5.41 Å². The van der Waals surface area contributed by atoms with Gasteiger partial charge >= 0.3 is 0 Å². The van der Waals surface area contributed by atoms with Gasteiger partial charge in [0.2, 0.25) is 0 Å². The summed E-state index contributed by atoms with van der Waals surface area (Å²) in [4.78, 5) is 0. The average molecular weight is 495 g/mol. The molecule has 0 fully saturated rings. The molecule has 35 heavy (non-hydrogen) atoms. The van der Waals surface area contributed by atoms with Gasteiger partial charge in [-0.2, -0.15) is 0 Å². The molecule has 0 aliphatic heterocycles. The molecule has 0 rings (SSSR count). The Balaban J connectivity index is 4.76. The van der Waals surface area contributed by atoms with Crippen molar-refractivity contribution in [2.45, 2.75) is 207 Å². The Labute approximate surface area is 224 Å². The fourth-order valence-electron chi connectivity index (χ4n) is 6.36. The van der Waals surface area contributed by atoms with Gasteiger partial charge < -0.3 is 4.74 Å². The van der Waals surface area contributed by atoms with E-state index >= 15 is 0 Å². The highest BCUT2D eigenvalue weighted by molar-refractivity contribution is 4.87. The Kier molecular flexibility index (Phi) is 27.0. The van der Waals surface area contributed by atoms with Crippen LogP contribution in [-0.2, 0) is 4.74 Å². The molecule has 0 aliphatic carbocycles. The number of unbranched alkanes of at least 4 members (excludes halogenated alkanes) is 19. The number of ether oxygens (including phenoxy) is 1. The minimum Gasteiger partial charge on any atom is -0.381 e. The van der Waals surface area contributed by atoms with Crippen molar-refractivity contribution in [1.29, 1.82) is 0 Å². The van der Waals surface area contributed by atoms with E-state index in [9.17, 15) is 0 Å². The maximum absolute atomic E-state index is 6.34. The zero-order valence-corrected chi connectivity index (χ0v) is 25.6. The van der Waals surface area contributed by atoms with E-state index in [1.807, 2.05) is 7.11 Å². The third-order valence-electron chi connectivity index (χ3n) is 8.59. The molecule has 0 bridgehead atoms. The van der Waals surface area contributed by atoms with Crippen LogP contribution in [0.1, 0.15) is 201 Å². The van der Waals surface area contributed by atoms with E-state index in [-0.39, 0.29) is 0 Å². The zero-order chi connectivity index (χ0) is 25.9. The maximum atomic E-state index is 6.34. The molecule has 0 saturated carbocycles. The molecule has 1 unspecified atom stereocenters. The van der Waals surface area contributed by atoms with Gasteiger partial charge in [-0.3, -0.25) is 0 Å². The minimum absolute atomic E-state index is 0.428. The van der Waals surface area contributed by atoms with Crippen LogP contribution < -0.4 is 0 Å². The molecule has 0 N–H and O–H groups in total. The molecular formula is C34H70O. The van der Waals surface area contributed by atoms with Crippen molar-refractivity contribution in [2.75, 3.05) is 7.11 Å². The number of methoxy groups -OCH3 is 1. The SMILES string of the molecule is CCCCCCCCCCC(CCC)(CCCCCCCCCC)C(CCCCCCCC)OC. The molecule has 1 nitrogen and oxygen atoms in total. The molecule has 212 valence electrons. The van der Waals surface area contributed by atoms with E-state index in [2.05, 4.69) is 27.7 Å². The Morgan fingerprint density at radius 2 is 0.743 bits per heavy atom. The largest absolute Gasteiger partial charge is 0.381 e. The van der Waals surface area contributed by atoms with Crippen molar-refractivity contribution < 1.29 is 4.74 Å². The van der Waals surface area contributed by atoms with Crippen LogP contribution in [0.5, 0.6) is 0 Å². The lowest BCUT2D eigenvalue weighted by atomic mass is 9.69. The first-order chi connectivity index (χ1) is 17.2. The van der Waals surface area contributed by atoms with Crippen LogP contribution in [0.15, 0.2) is 0 Å². The summed E-state index contributed by atoms with van der Waals surface area (Å²) in [5, 5.41) is 0. The quantitative estimate of drug-likeness (QED) is 0.0939. The first-order valence-corrected chi connectivity index (χ1v) is 16.7. The van der Waals surface area contributed by atoms with Gasteiger partial charge in [-0.05, 0) is 31.1 Å². The molecule has 0 radical (unpaired) electrons. The lowest BCUT2D eigenvalue weighted by molar-refractivity contribution is -0.0389. The Bertz CT molecular complexity index is 370. The lowest BCUT2D eigenvalue weighted by Crippen LogP contribution is -2.37. The predicted molar refractivity (Wildman–Crippen MR) is 161 cm³/mol. The topological polar surface area (TPSA) is 9.23 Å². The van der Waals surface area contributed by atoms with Gasteiger partial charge in [0.25, 0.3) is 0 Å². The lowest BCUT2D eigenvalue weighted by Gasteiger charge is -2.41. The zero-order valence-electron chi connectivity index (χ0n) is 25.6. The molecule has 0 aromatic heterocycles. The number of hydrogen-bond acceptors (Lipinski definition) is 1. The van der Waals surface area contributed by atoms with Gasteiger partial charge in [0, 0.05) is 7.11 Å². The Hall–Kier alpha value is -0.0400. The first kappa shape index (κ1) is 35.0. The normalized spacial score (nSPS) is 12.9. The van der Waals surface area contributed by atoms with E-state index in [1.54, 1.807) is 0 Å². The number of rotatable bonds is 29. The summed E-state index contributed by atoms with van der Waals surface area (Å²) in [6, 6.07) is 0. The van der Waals surface area contributed by atoms with E-state index in [0.29, 0.717) is 11.5 Å². The molecule has 0 aliphatic rings. The second-order valence-electron chi connectivity index (χ2n) is 11.8. The molecule has 0 saturated heterocycles. The monoisotopic (exact) mass is 495 g/mol. The standard InChI is InChI=1S/C34H70O/c1-6-10-13-16-19-21-24-27-31-34(30-9-4,32-28-25-22-20-17-14-11-7-2)33(35-5)29-26-23-18-15-12-8-3/h33H,6-32H2,1-5H3. The third-order valence-corrected chi connectivity index (χ3v) is 8.59. The molecule has 0 amide bonds. The summed E-state index contributed by atoms with van der Waals surface area (Å²) in [5.74, 6) is 0. The van der Waals surface area contributed by atoms with Crippen LogP contribution in [0.4, 0.5) is 0 Å². The highest BCUT2D eigenvalue weighted by Gasteiger charge is 2.36. The second kappa shape index (κ2) is 27.0. The molecule has 0 spiro atoms. The molecule has 0 aromatic carbocycles. The van der Waals surface area contributed by atoms with Crippen LogP contribution in [-0.4, -0.2) is 13.2 Å². The Morgan fingerprint density at radius 3 is 1.09 bits per heavy atom. The van der Waals surface area contributed by atoms with Crippen LogP contribution in [0.2, 0.25) is 0 Å². The minimum atomic E-state index is 0.428. The van der Waals surface area contributed by atoms with E-state index in [1.165, 1.54) is 173 Å². The van der Waals surface area contributed by atoms with Gasteiger partial charge in [0.15, 0.2) is 0 Å². The van der Waals surface area contributed by atoms with Crippen LogP contribution >= 0.6 is 0 Å². The predicted octanol–water partition coefficient (Wildman–Crippen LogP) is 12.6. The molecule has 0 heterocycles. The summed E-state index contributed by atoms with van der Waals surface area (Å²) in [7, 11) is 2.02.